The van der Waals surface area contributed by atoms with Gasteiger partial charge in [0.25, 0.3) is 0 Å². The standard InChI is InChI=1S/C18H28O4S2/c1-12(2)23-17(24-13(3)4)10-15(19)16(20)11-22-18(21)14-8-6-5-7-9-14/h5-9,12-13,15-17,19-20H,10-11H2,1-4H3/t15-,16-/m0/s1. The second-order valence-electron chi connectivity index (χ2n) is 6.13. The monoisotopic (exact) mass is 372 g/mol. The van der Waals surface area contributed by atoms with Crippen LogP contribution in [0.1, 0.15) is 44.5 Å². The molecule has 0 spiro atoms. The van der Waals surface area contributed by atoms with Gasteiger partial charge in [0.2, 0.25) is 0 Å². The molecule has 0 heterocycles. The number of thioether (sulfide) groups is 2. The molecule has 2 N–H and O–H groups in total. The third kappa shape index (κ3) is 8.42. The number of hydrogen-bond acceptors (Lipinski definition) is 6. The minimum atomic E-state index is -1.08. The van der Waals surface area contributed by atoms with Gasteiger partial charge in [-0.25, -0.2) is 4.79 Å². The highest BCUT2D eigenvalue weighted by atomic mass is 32.2. The molecule has 1 aromatic rings. The number of benzene rings is 1. The molecule has 0 unspecified atom stereocenters. The summed E-state index contributed by atoms with van der Waals surface area (Å²) in [4.78, 5) is 11.9. The predicted octanol–water partition coefficient (Wildman–Crippen LogP) is 3.56. The smallest absolute Gasteiger partial charge is 0.338 e. The maximum atomic E-state index is 11.9. The average Bonchev–Trinajstić information content (AvgIpc) is 2.51. The summed E-state index contributed by atoms with van der Waals surface area (Å²) >= 11 is 3.56. The zero-order chi connectivity index (χ0) is 18.1. The molecule has 1 rings (SSSR count). The Morgan fingerprint density at radius 3 is 2.04 bits per heavy atom. The SMILES string of the molecule is CC(C)SC(C[C@H](O)[C@@H](O)COC(=O)c1ccccc1)SC(C)C. The summed E-state index contributed by atoms with van der Waals surface area (Å²) in [5.74, 6) is -0.494. The van der Waals surface area contributed by atoms with Crippen LogP contribution in [0, 0.1) is 0 Å². The van der Waals surface area contributed by atoms with Crippen molar-refractivity contribution in [1.29, 1.82) is 0 Å². The van der Waals surface area contributed by atoms with Crippen LogP contribution >= 0.6 is 23.5 Å². The second kappa shape index (κ2) is 11.0. The van der Waals surface area contributed by atoms with E-state index in [9.17, 15) is 15.0 Å². The van der Waals surface area contributed by atoms with Crippen molar-refractivity contribution in [1.82, 2.24) is 0 Å². The number of aliphatic hydroxyl groups is 2. The van der Waals surface area contributed by atoms with Crippen LogP contribution in [0.4, 0.5) is 0 Å². The molecule has 0 bridgehead atoms. The van der Waals surface area contributed by atoms with Crippen LogP contribution in [0.2, 0.25) is 0 Å². The van der Waals surface area contributed by atoms with Crippen LogP contribution in [0.3, 0.4) is 0 Å². The molecule has 0 saturated heterocycles. The highest BCUT2D eigenvalue weighted by Gasteiger charge is 2.24. The van der Waals surface area contributed by atoms with Gasteiger partial charge in [-0.05, 0) is 18.6 Å². The first kappa shape index (κ1) is 21.4. The molecule has 4 nitrogen and oxygen atoms in total. The Morgan fingerprint density at radius 1 is 1.00 bits per heavy atom. The minimum absolute atomic E-state index is 0.194. The van der Waals surface area contributed by atoms with E-state index in [4.69, 9.17) is 4.74 Å². The van der Waals surface area contributed by atoms with E-state index >= 15 is 0 Å². The number of carbonyl (C=O) groups is 1. The van der Waals surface area contributed by atoms with Gasteiger partial charge in [0.05, 0.1) is 16.2 Å². The van der Waals surface area contributed by atoms with Gasteiger partial charge in [-0.15, -0.1) is 23.5 Å². The maximum absolute atomic E-state index is 11.9. The van der Waals surface area contributed by atoms with E-state index < -0.39 is 18.2 Å². The third-order valence-electron chi connectivity index (χ3n) is 3.12. The minimum Gasteiger partial charge on any atom is -0.459 e. The number of aliphatic hydroxyl groups excluding tert-OH is 2. The highest BCUT2D eigenvalue weighted by Crippen LogP contribution is 2.34. The second-order valence-corrected chi connectivity index (χ2v) is 10.0. The number of rotatable bonds is 10. The summed E-state index contributed by atoms with van der Waals surface area (Å²) < 4.78 is 5.29. The summed E-state index contributed by atoms with van der Waals surface area (Å²) in [5, 5.41) is 21.2. The summed E-state index contributed by atoms with van der Waals surface area (Å²) in [7, 11) is 0. The lowest BCUT2D eigenvalue weighted by Crippen LogP contribution is -2.33. The molecule has 0 aliphatic rings. The van der Waals surface area contributed by atoms with Crippen molar-refractivity contribution in [2.75, 3.05) is 6.61 Å². The molecular formula is C18H28O4S2. The summed E-state index contributed by atoms with van der Waals surface area (Å²) in [6.07, 6.45) is -1.55. The van der Waals surface area contributed by atoms with E-state index in [1.54, 1.807) is 47.8 Å². The summed E-state index contributed by atoms with van der Waals surface area (Å²) in [5.41, 5.74) is 0.433. The normalized spacial score (nSPS) is 14.2. The Labute approximate surface area is 153 Å². The first-order valence-electron chi connectivity index (χ1n) is 8.18. The number of carbonyl (C=O) groups excluding carboxylic acids is 1. The van der Waals surface area contributed by atoms with Crippen LogP contribution < -0.4 is 0 Å². The van der Waals surface area contributed by atoms with Gasteiger partial charge in [-0.3, -0.25) is 0 Å². The van der Waals surface area contributed by atoms with Crippen LogP contribution in [-0.4, -0.2) is 50.1 Å². The number of ether oxygens (including phenoxy) is 1. The van der Waals surface area contributed by atoms with Crippen molar-refractivity contribution in [3.05, 3.63) is 35.9 Å². The zero-order valence-electron chi connectivity index (χ0n) is 14.7. The molecule has 1 aromatic carbocycles. The Kier molecular flexibility index (Phi) is 9.81. The van der Waals surface area contributed by atoms with E-state index in [0.29, 0.717) is 22.5 Å². The molecule has 0 aromatic heterocycles. The van der Waals surface area contributed by atoms with E-state index in [1.165, 1.54) is 0 Å². The largest absolute Gasteiger partial charge is 0.459 e. The first-order valence-corrected chi connectivity index (χ1v) is 10.1. The first-order chi connectivity index (χ1) is 11.3. The Balaban J connectivity index is 2.47. The topological polar surface area (TPSA) is 66.8 Å². The molecule has 0 aliphatic carbocycles. The van der Waals surface area contributed by atoms with Crippen molar-refractivity contribution < 1.29 is 19.7 Å². The molecule has 24 heavy (non-hydrogen) atoms. The quantitative estimate of drug-likeness (QED) is 0.483. The van der Waals surface area contributed by atoms with E-state index in [0.717, 1.165) is 0 Å². The van der Waals surface area contributed by atoms with Gasteiger partial charge in [-0.2, -0.15) is 0 Å². The average molecular weight is 373 g/mol. The lowest BCUT2D eigenvalue weighted by molar-refractivity contribution is -0.0283. The van der Waals surface area contributed by atoms with Gasteiger partial charge >= 0.3 is 5.97 Å². The molecule has 0 amide bonds. The fourth-order valence-corrected chi connectivity index (χ4v) is 5.46. The summed E-state index contributed by atoms with van der Waals surface area (Å²) in [6, 6.07) is 8.62. The van der Waals surface area contributed by atoms with Gasteiger partial charge in [0, 0.05) is 10.5 Å². The lowest BCUT2D eigenvalue weighted by atomic mass is 10.1. The highest BCUT2D eigenvalue weighted by molar-refractivity contribution is 8.17. The molecule has 0 aliphatic heterocycles. The Bertz CT molecular complexity index is 469. The fourth-order valence-electron chi connectivity index (χ4n) is 2.03. The van der Waals surface area contributed by atoms with Crippen LogP contribution in [0.15, 0.2) is 30.3 Å². The van der Waals surface area contributed by atoms with E-state index in [-0.39, 0.29) is 11.2 Å². The van der Waals surface area contributed by atoms with Gasteiger partial charge in [0.15, 0.2) is 0 Å². The maximum Gasteiger partial charge on any atom is 0.338 e. The van der Waals surface area contributed by atoms with Crippen molar-refractivity contribution >= 4 is 29.5 Å². The van der Waals surface area contributed by atoms with Crippen LogP contribution in [0.5, 0.6) is 0 Å². The Hall–Kier alpha value is -0.690. The zero-order valence-corrected chi connectivity index (χ0v) is 16.3. The van der Waals surface area contributed by atoms with Crippen molar-refractivity contribution in [3.63, 3.8) is 0 Å². The van der Waals surface area contributed by atoms with Gasteiger partial charge in [0.1, 0.15) is 12.7 Å². The van der Waals surface area contributed by atoms with E-state index in [2.05, 4.69) is 27.7 Å². The van der Waals surface area contributed by atoms with E-state index in [1.807, 2.05) is 6.07 Å². The van der Waals surface area contributed by atoms with Crippen molar-refractivity contribution in [2.45, 2.75) is 61.4 Å². The molecular weight excluding hydrogens is 344 g/mol. The summed E-state index contributed by atoms with van der Waals surface area (Å²) in [6.45, 7) is 8.25. The number of hydrogen-bond donors (Lipinski definition) is 2. The van der Waals surface area contributed by atoms with Crippen LogP contribution in [0.25, 0.3) is 0 Å². The van der Waals surface area contributed by atoms with Gasteiger partial charge in [-0.1, -0.05) is 45.9 Å². The predicted molar refractivity (Wildman–Crippen MR) is 103 cm³/mol. The molecule has 0 radical (unpaired) electrons. The van der Waals surface area contributed by atoms with Gasteiger partial charge < -0.3 is 14.9 Å². The number of esters is 1. The molecule has 0 fully saturated rings. The Morgan fingerprint density at radius 2 is 1.54 bits per heavy atom. The van der Waals surface area contributed by atoms with Crippen LogP contribution in [-0.2, 0) is 4.74 Å². The lowest BCUT2D eigenvalue weighted by Gasteiger charge is -2.25. The molecule has 0 saturated carbocycles. The van der Waals surface area contributed by atoms with Crippen molar-refractivity contribution in [2.24, 2.45) is 0 Å². The molecule has 2 atom stereocenters. The third-order valence-corrected chi connectivity index (χ3v) is 5.87. The molecule has 6 heteroatoms. The fraction of sp³-hybridized carbons (Fsp3) is 0.611. The van der Waals surface area contributed by atoms with Crippen molar-refractivity contribution in [3.8, 4) is 0 Å². The molecule has 136 valence electrons.